The van der Waals surface area contributed by atoms with Gasteiger partial charge in [0.05, 0.1) is 6.54 Å². The van der Waals surface area contributed by atoms with Gasteiger partial charge in [0, 0.05) is 28.9 Å². The van der Waals surface area contributed by atoms with E-state index in [4.69, 9.17) is 14.2 Å². The molecule has 3 aromatic rings. The number of fused-ring (bicyclic) bond motifs is 5. The minimum atomic E-state index is -0.973. The Kier molecular flexibility index (Phi) is 5.76. The van der Waals surface area contributed by atoms with Gasteiger partial charge in [0.25, 0.3) is 5.91 Å². The zero-order valence-electron chi connectivity index (χ0n) is 22.1. The van der Waals surface area contributed by atoms with Gasteiger partial charge in [-0.05, 0) is 55.0 Å². The minimum Gasteiger partial charge on any atom is -0.491 e. The Hall–Kier alpha value is -4.00. The van der Waals surface area contributed by atoms with Crippen LogP contribution in [-0.2, 0) is 16.8 Å². The zero-order chi connectivity index (χ0) is 26.6. The van der Waals surface area contributed by atoms with E-state index in [1.54, 1.807) is 4.90 Å². The van der Waals surface area contributed by atoms with E-state index in [1.165, 1.54) is 19.3 Å². The summed E-state index contributed by atoms with van der Waals surface area (Å²) in [5, 5.41) is 3.26. The lowest BCUT2D eigenvalue weighted by Gasteiger charge is -2.28. The number of rotatable bonds is 5. The second kappa shape index (κ2) is 9.33. The lowest BCUT2D eigenvalue weighted by atomic mass is 9.77. The van der Waals surface area contributed by atoms with Crippen LogP contribution in [-0.4, -0.2) is 31.3 Å². The molecule has 3 heterocycles. The fraction of sp³-hybridized carbons (Fsp3) is 0.375. The van der Waals surface area contributed by atoms with Crippen LogP contribution < -0.4 is 24.4 Å². The maximum Gasteiger partial charge on any atom is 0.251 e. The summed E-state index contributed by atoms with van der Waals surface area (Å²) >= 11 is 0. The zero-order valence-corrected chi connectivity index (χ0v) is 22.1. The van der Waals surface area contributed by atoms with Crippen molar-refractivity contribution >= 4 is 17.5 Å². The molecule has 2 atom stereocenters. The maximum atomic E-state index is 14.4. The third-order valence-electron chi connectivity index (χ3n) is 8.95. The van der Waals surface area contributed by atoms with Crippen LogP contribution in [0, 0.1) is 5.92 Å². The van der Waals surface area contributed by atoms with Crippen LogP contribution >= 0.6 is 0 Å². The largest absolute Gasteiger partial charge is 0.491 e. The summed E-state index contributed by atoms with van der Waals surface area (Å²) in [6.45, 7) is 2.77. The molecule has 1 saturated carbocycles. The standard InChI is InChI=1S/C32H32N2O5/c1-20(21-9-3-2-4-10-21)33-30(35)23-12-6-5-11-22(23)17-34-26-14-8-7-13-24(26)32(31(34)36)18-37-27-16-29-28(15-25(27)32)38-19-39-29/h5-8,11-16,20-21H,2-4,9-10,17-19H2,1H3,(H,33,35)/t20-,32?/m1/s1. The highest BCUT2D eigenvalue weighted by Gasteiger charge is 2.57. The smallest absolute Gasteiger partial charge is 0.251 e. The molecule has 1 aliphatic carbocycles. The summed E-state index contributed by atoms with van der Waals surface area (Å²) in [7, 11) is 0. The minimum absolute atomic E-state index is 0.0629. The molecule has 2 amide bonds. The number of para-hydroxylation sites is 1. The van der Waals surface area contributed by atoms with Crippen LogP contribution in [0.25, 0.3) is 0 Å². The number of hydrogen-bond acceptors (Lipinski definition) is 5. The molecule has 7 heteroatoms. The van der Waals surface area contributed by atoms with Crippen LogP contribution in [0.5, 0.6) is 17.2 Å². The fourth-order valence-electron chi connectivity index (χ4n) is 6.81. The molecule has 3 aliphatic heterocycles. The summed E-state index contributed by atoms with van der Waals surface area (Å²) in [5.74, 6) is 2.26. The molecule has 200 valence electrons. The second-order valence-corrected chi connectivity index (χ2v) is 11.1. The van der Waals surface area contributed by atoms with Gasteiger partial charge in [-0.1, -0.05) is 55.7 Å². The molecule has 1 unspecified atom stereocenters. The molecule has 7 rings (SSSR count). The third-order valence-corrected chi connectivity index (χ3v) is 8.95. The van der Waals surface area contributed by atoms with Gasteiger partial charge in [-0.2, -0.15) is 0 Å². The number of carbonyl (C=O) groups is 2. The first-order valence-corrected chi connectivity index (χ1v) is 13.9. The maximum absolute atomic E-state index is 14.4. The summed E-state index contributed by atoms with van der Waals surface area (Å²) < 4.78 is 17.3. The molecule has 4 aliphatic rings. The Morgan fingerprint density at radius 2 is 1.69 bits per heavy atom. The van der Waals surface area contributed by atoms with Crippen molar-refractivity contribution in [1.29, 1.82) is 0 Å². The normalized spacial score (nSPS) is 22.0. The highest BCUT2D eigenvalue weighted by molar-refractivity contribution is 6.11. The third kappa shape index (κ3) is 3.78. The summed E-state index contributed by atoms with van der Waals surface area (Å²) in [6, 6.07) is 19.3. The van der Waals surface area contributed by atoms with E-state index in [2.05, 4.69) is 12.2 Å². The molecule has 1 N–H and O–H groups in total. The molecular weight excluding hydrogens is 492 g/mol. The summed E-state index contributed by atoms with van der Waals surface area (Å²) in [4.78, 5) is 29.7. The monoisotopic (exact) mass is 524 g/mol. The highest BCUT2D eigenvalue weighted by Crippen LogP contribution is 2.55. The average Bonchev–Trinajstić information content (AvgIpc) is 3.65. The molecule has 1 fully saturated rings. The topological polar surface area (TPSA) is 77.1 Å². The van der Waals surface area contributed by atoms with Crippen molar-refractivity contribution in [1.82, 2.24) is 5.32 Å². The number of nitrogens with one attached hydrogen (secondary N) is 1. The van der Waals surface area contributed by atoms with Crippen molar-refractivity contribution in [2.75, 3.05) is 18.3 Å². The Morgan fingerprint density at radius 1 is 0.949 bits per heavy atom. The van der Waals surface area contributed by atoms with E-state index in [9.17, 15) is 9.59 Å². The van der Waals surface area contributed by atoms with Gasteiger partial charge in [0.2, 0.25) is 12.7 Å². The van der Waals surface area contributed by atoms with Crippen LogP contribution in [0.2, 0.25) is 0 Å². The number of anilines is 1. The number of amides is 2. The summed E-state index contributed by atoms with van der Waals surface area (Å²) in [6.07, 6.45) is 6.07. The van der Waals surface area contributed by atoms with Crippen molar-refractivity contribution in [3.05, 3.63) is 82.9 Å². The number of ether oxygens (including phenoxy) is 3. The number of benzene rings is 3. The molecule has 7 nitrogen and oxygen atoms in total. The lowest BCUT2D eigenvalue weighted by Crippen LogP contribution is -2.43. The van der Waals surface area contributed by atoms with Crippen molar-refractivity contribution in [2.45, 2.75) is 57.0 Å². The highest BCUT2D eigenvalue weighted by atomic mass is 16.7. The van der Waals surface area contributed by atoms with E-state index >= 15 is 0 Å². The fourth-order valence-corrected chi connectivity index (χ4v) is 6.81. The molecule has 3 aromatic carbocycles. The number of hydrogen-bond donors (Lipinski definition) is 1. The van der Waals surface area contributed by atoms with E-state index in [-0.39, 0.29) is 31.3 Å². The predicted octanol–water partition coefficient (Wildman–Crippen LogP) is 5.34. The first kappa shape index (κ1) is 24.1. The Balaban J connectivity index is 1.21. The van der Waals surface area contributed by atoms with Gasteiger partial charge in [0.1, 0.15) is 17.8 Å². The van der Waals surface area contributed by atoms with Crippen molar-refractivity contribution in [2.24, 2.45) is 5.92 Å². The van der Waals surface area contributed by atoms with Crippen LogP contribution in [0.15, 0.2) is 60.7 Å². The van der Waals surface area contributed by atoms with E-state index in [0.29, 0.717) is 35.3 Å². The van der Waals surface area contributed by atoms with Gasteiger partial charge >= 0.3 is 0 Å². The van der Waals surface area contributed by atoms with Crippen LogP contribution in [0.3, 0.4) is 0 Å². The molecular formula is C32H32N2O5. The Morgan fingerprint density at radius 3 is 2.54 bits per heavy atom. The number of nitrogens with zero attached hydrogens (tertiary/aromatic N) is 1. The van der Waals surface area contributed by atoms with Crippen molar-refractivity contribution < 1.29 is 23.8 Å². The molecule has 0 bridgehead atoms. The first-order valence-electron chi connectivity index (χ1n) is 13.9. The quantitative estimate of drug-likeness (QED) is 0.488. The molecule has 39 heavy (non-hydrogen) atoms. The average molecular weight is 525 g/mol. The van der Waals surface area contributed by atoms with Crippen LogP contribution in [0.4, 0.5) is 5.69 Å². The number of carbonyl (C=O) groups excluding carboxylic acids is 2. The van der Waals surface area contributed by atoms with E-state index < -0.39 is 5.41 Å². The van der Waals surface area contributed by atoms with Crippen molar-refractivity contribution in [3.8, 4) is 17.2 Å². The summed E-state index contributed by atoms with van der Waals surface area (Å²) in [5.41, 5.74) is 2.98. The molecule has 0 aromatic heterocycles. The van der Waals surface area contributed by atoms with Gasteiger partial charge in [-0.15, -0.1) is 0 Å². The van der Waals surface area contributed by atoms with Crippen molar-refractivity contribution in [3.63, 3.8) is 0 Å². The van der Waals surface area contributed by atoms with Gasteiger partial charge in [-0.3, -0.25) is 9.59 Å². The SMILES string of the molecule is C[C@@H](NC(=O)c1ccccc1CN1C(=O)C2(COc3cc4c(cc32)OCO4)c2ccccc21)C1CCCCC1. The second-order valence-electron chi connectivity index (χ2n) is 11.1. The van der Waals surface area contributed by atoms with Gasteiger partial charge in [-0.25, -0.2) is 0 Å². The first-order chi connectivity index (χ1) is 19.1. The van der Waals surface area contributed by atoms with Crippen LogP contribution in [0.1, 0.15) is 66.1 Å². The molecule has 0 radical (unpaired) electrons. The predicted molar refractivity (Wildman–Crippen MR) is 146 cm³/mol. The Labute approximate surface area is 228 Å². The van der Waals surface area contributed by atoms with Gasteiger partial charge in [0.15, 0.2) is 11.5 Å². The van der Waals surface area contributed by atoms with E-state index in [1.807, 2.05) is 60.7 Å². The molecule has 1 spiro atoms. The van der Waals surface area contributed by atoms with Gasteiger partial charge < -0.3 is 24.4 Å². The Bertz CT molecular complexity index is 1460. The van der Waals surface area contributed by atoms with E-state index in [0.717, 1.165) is 35.2 Å². The lowest BCUT2D eigenvalue weighted by molar-refractivity contribution is -0.122. The molecule has 0 saturated heterocycles.